The van der Waals surface area contributed by atoms with Crippen molar-refractivity contribution in [3.63, 3.8) is 0 Å². The fourth-order valence-electron chi connectivity index (χ4n) is 3.04. The molecule has 2 aromatic rings. The van der Waals surface area contributed by atoms with Gasteiger partial charge in [-0.25, -0.2) is 4.79 Å². The van der Waals surface area contributed by atoms with Gasteiger partial charge in [0.15, 0.2) is 5.78 Å². The molecule has 1 aliphatic rings. The lowest BCUT2D eigenvalue weighted by atomic mass is 10.0. The van der Waals surface area contributed by atoms with Gasteiger partial charge in [-0.05, 0) is 42.8 Å². The molecule has 10 heteroatoms. The molecule has 3 heterocycles. The zero-order valence-corrected chi connectivity index (χ0v) is 19.3. The van der Waals surface area contributed by atoms with E-state index in [9.17, 15) is 19.3 Å². The van der Waals surface area contributed by atoms with E-state index in [1.54, 1.807) is 42.9 Å². The second-order valence-electron chi connectivity index (χ2n) is 7.74. The minimum atomic E-state index is -1.33. The molecule has 0 N–H and O–H groups in total. The van der Waals surface area contributed by atoms with Crippen molar-refractivity contribution in [1.29, 1.82) is 0 Å². The number of hydrogen-bond acceptors (Lipinski definition) is 10. The van der Waals surface area contributed by atoms with Crippen LogP contribution < -0.4 is 0 Å². The fraction of sp³-hybridized carbons (Fsp3) is 0.458. The van der Waals surface area contributed by atoms with Crippen LogP contribution in [-0.4, -0.2) is 53.2 Å². The van der Waals surface area contributed by atoms with E-state index in [2.05, 4.69) is 15.1 Å². The van der Waals surface area contributed by atoms with E-state index in [4.69, 9.17) is 14.2 Å². The number of pyridine rings is 2. The van der Waals surface area contributed by atoms with Crippen molar-refractivity contribution in [2.75, 3.05) is 19.8 Å². The SMILES string of the molecule is CC(=O)c1cccnc1.CCC(COC(=O)c1cccnc1)CC(=O)OC1(N=O)CCOCC1. The lowest BCUT2D eigenvalue weighted by Gasteiger charge is -2.30. The van der Waals surface area contributed by atoms with Gasteiger partial charge in [0.2, 0.25) is 5.72 Å². The van der Waals surface area contributed by atoms with E-state index in [0.29, 0.717) is 30.8 Å². The van der Waals surface area contributed by atoms with Gasteiger partial charge < -0.3 is 14.2 Å². The molecule has 1 atom stereocenters. The third-order valence-electron chi connectivity index (χ3n) is 5.19. The number of Topliss-reactive ketones (excluding diaryl/α,β-unsaturated/α-hetero) is 1. The van der Waals surface area contributed by atoms with Crippen molar-refractivity contribution in [2.24, 2.45) is 11.1 Å². The molecular weight excluding hydrogens is 442 g/mol. The molecular formula is C24H29N3O7. The molecule has 3 rings (SSSR count). The number of nitrogens with zero attached hydrogens (tertiary/aromatic N) is 3. The highest BCUT2D eigenvalue weighted by atomic mass is 16.6. The van der Waals surface area contributed by atoms with E-state index in [1.165, 1.54) is 13.1 Å². The van der Waals surface area contributed by atoms with Gasteiger partial charge in [-0.15, -0.1) is 4.91 Å². The summed E-state index contributed by atoms with van der Waals surface area (Å²) in [6.45, 7) is 4.16. The largest absolute Gasteiger partial charge is 0.462 e. The molecule has 1 fully saturated rings. The Morgan fingerprint density at radius 1 is 1.09 bits per heavy atom. The van der Waals surface area contributed by atoms with Crippen LogP contribution in [0.5, 0.6) is 0 Å². The van der Waals surface area contributed by atoms with Crippen LogP contribution in [0.15, 0.2) is 54.2 Å². The highest BCUT2D eigenvalue weighted by molar-refractivity contribution is 5.93. The normalized spacial score (nSPS) is 15.1. The fourth-order valence-corrected chi connectivity index (χ4v) is 3.04. The Hall–Kier alpha value is -3.53. The summed E-state index contributed by atoms with van der Waals surface area (Å²) in [5.41, 5.74) is -0.316. The highest BCUT2D eigenvalue weighted by Crippen LogP contribution is 2.27. The lowest BCUT2D eigenvalue weighted by molar-refractivity contribution is -0.169. The van der Waals surface area contributed by atoms with E-state index in [0.717, 1.165) is 0 Å². The van der Waals surface area contributed by atoms with Gasteiger partial charge >= 0.3 is 11.9 Å². The monoisotopic (exact) mass is 471 g/mol. The zero-order chi connectivity index (χ0) is 24.8. The van der Waals surface area contributed by atoms with Crippen LogP contribution in [0.2, 0.25) is 0 Å². The Balaban J connectivity index is 0.000000379. The summed E-state index contributed by atoms with van der Waals surface area (Å²) < 4.78 is 15.7. The van der Waals surface area contributed by atoms with E-state index in [-0.39, 0.29) is 37.6 Å². The van der Waals surface area contributed by atoms with E-state index < -0.39 is 17.7 Å². The molecule has 2 aromatic heterocycles. The molecule has 182 valence electrons. The van der Waals surface area contributed by atoms with Gasteiger partial charge in [0.1, 0.15) is 0 Å². The molecule has 1 aliphatic heterocycles. The predicted molar refractivity (Wildman–Crippen MR) is 122 cm³/mol. The first-order chi connectivity index (χ1) is 16.4. The van der Waals surface area contributed by atoms with Gasteiger partial charge in [0.05, 0.1) is 31.8 Å². The number of ether oxygens (including phenoxy) is 3. The summed E-state index contributed by atoms with van der Waals surface area (Å²) in [4.78, 5) is 53.4. The van der Waals surface area contributed by atoms with Gasteiger partial charge in [0, 0.05) is 49.1 Å². The number of esters is 2. The first-order valence-electron chi connectivity index (χ1n) is 11.0. The summed E-state index contributed by atoms with van der Waals surface area (Å²) in [5, 5.41) is 3.00. The van der Waals surface area contributed by atoms with Crippen molar-refractivity contribution in [2.45, 2.75) is 45.3 Å². The summed E-state index contributed by atoms with van der Waals surface area (Å²) in [5.74, 6) is -1.15. The summed E-state index contributed by atoms with van der Waals surface area (Å²) in [6, 6.07) is 6.74. The standard InChI is InChI=1S/C17H22N2O6.C7H7NO/c1-2-13(12-24-16(21)14-4-3-7-18-11-14)10-15(20)25-17(19-22)5-8-23-9-6-17;1-6(9)7-3-2-4-8-5-7/h3-4,7,11,13H,2,5-6,8-10,12H2,1H3;2-5H,1H3. The molecule has 0 saturated carbocycles. The third kappa shape index (κ3) is 8.78. The van der Waals surface area contributed by atoms with Crippen molar-refractivity contribution >= 4 is 17.7 Å². The Morgan fingerprint density at radius 3 is 2.18 bits per heavy atom. The minimum absolute atomic E-state index is 0.0505. The molecule has 1 unspecified atom stereocenters. The topological polar surface area (TPSA) is 134 Å². The Kier molecular flexibility index (Phi) is 10.9. The summed E-state index contributed by atoms with van der Waals surface area (Å²) in [6.07, 6.45) is 7.38. The Labute approximate surface area is 198 Å². The van der Waals surface area contributed by atoms with Crippen molar-refractivity contribution < 1.29 is 28.6 Å². The first-order valence-corrected chi connectivity index (χ1v) is 11.0. The maximum atomic E-state index is 12.1. The average molecular weight is 472 g/mol. The molecule has 0 amide bonds. The quantitative estimate of drug-likeness (QED) is 0.304. The number of rotatable bonds is 9. The first kappa shape index (κ1) is 26.7. The summed E-state index contributed by atoms with van der Waals surface area (Å²) in [7, 11) is 0. The highest BCUT2D eigenvalue weighted by Gasteiger charge is 2.38. The number of ketones is 1. The second-order valence-corrected chi connectivity index (χ2v) is 7.74. The number of nitroso groups, excluding NO2 is 1. The molecule has 0 aliphatic carbocycles. The van der Waals surface area contributed by atoms with Crippen LogP contribution in [0, 0.1) is 10.8 Å². The van der Waals surface area contributed by atoms with E-state index in [1.807, 2.05) is 6.92 Å². The Morgan fingerprint density at radius 2 is 1.71 bits per heavy atom. The van der Waals surface area contributed by atoms with Crippen molar-refractivity contribution in [3.05, 3.63) is 65.1 Å². The molecule has 0 bridgehead atoms. The number of hydrogen-bond donors (Lipinski definition) is 0. The third-order valence-corrected chi connectivity index (χ3v) is 5.19. The molecule has 0 spiro atoms. The van der Waals surface area contributed by atoms with Crippen LogP contribution in [-0.2, 0) is 19.0 Å². The average Bonchev–Trinajstić information content (AvgIpc) is 2.88. The maximum Gasteiger partial charge on any atom is 0.339 e. The van der Waals surface area contributed by atoms with Gasteiger partial charge in [-0.2, -0.15) is 0 Å². The minimum Gasteiger partial charge on any atom is -0.462 e. The molecule has 1 saturated heterocycles. The second kappa shape index (κ2) is 13.9. The van der Waals surface area contributed by atoms with Gasteiger partial charge in [-0.3, -0.25) is 19.6 Å². The molecule has 0 aromatic carbocycles. The predicted octanol–water partition coefficient (Wildman–Crippen LogP) is 3.76. The number of carbonyl (C=O) groups is 3. The van der Waals surface area contributed by atoms with Crippen LogP contribution in [0.4, 0.5) is 0 Å². The Bertz CT molecular complexity index is 932. The number of aromatic nitrogens is 2. The molecule has 0 radical (unpaired) electrons. The van der Waals surface area contributed by atoms with Crippen LogP contribution in [0.1, 0.15) is 60.2 Å². The summed E-state index contributed by atoms with van der Waals surface area (Å²) >= 11 is 0. The number of carbonyl (C=O) groups excluding carboxylic acids is 3. The molecule has 10 nitrogen and oxygen atoms in total. The van der Waals surface area contributed by atoms with Crippen LogP contribution in [0.25, 0.3) is 0 Å². The van der Waals surface area contributed by atoms with Crippen LogP contribution in [0.3, 0.4) is 0 Å². The van der Waals surface area contributed by atoms with Crippen molar-refractivity contribution in [1.82, 2.24) is 9.97 Å². The smallest absolute Gasteiger partial charge is 0.339 e. The van der Waals surface area contributed by atoms with Gasteiger partial charge in [-0.1, -0.05) is 6.92 Å². The molecule has 34 heavy (non-hydrogen) atoms. The zero-order valence-electron chi connectivity index (χ0n) is 19.3. The van der Waals surface area contributed by atoms with Crippen LogP contribution >= 0.6 is 0 Å². The maximum absolute atomic E-state index is 12.1. The lowest BCUT2D eigenvalue weighted by Crippen LogP contribution is -2.39. The van der Waals surface area contributed by atoms with E-state index >= 15 is 0 Å². The van der Waals surface area contributed by atoms with Gasteiger partial charge in [0.25, 0.3) is 0 Å². The van der Waals surface area contributed by atoms with Crippen molar-refractivity contribution in [3.8, 4) is 0 Å².